The van der Waals surface area contributed by atoms with Gasteiger partial charge in [-0.1, -0.05) is 56.3 Å². The Morgan fingerprint density at radius 3 is 2.28 bits per heavy atom. The van der Waals surface area contributed by atoms with Crippen LogP contribution in [-0.2, 0) is 6.42 Å². The lowest BCUT2D eigenvalue weighted by atomic mass is 9.98. The molecule has 1 N–H and O–H groups in total. The fourth-order valence-corrected chi connectivity index (χ4v) is 2.27. The quantitative estimate of drug-likeness (QED) is 0.710. The highest BCUT2D eigenvalue weighted by Crippen LogP contribution is 2.13. The lowest BCUT2D eigenvalue weighted by Gasteiger charge is -2.23. The predicted octanol–water partition coefficient (Wildman–Crippen LogP) is 4.20. The third kappa shape index (κ3) is 5.50. The standard InChI is InChI=1S/C17H27N/c1-13(2)11-14(3)16(5)18-15(4)12-17-9-7-6-8-10-17/h6-10,13,15-16,18H,3,11-12H2,1-2,4-5H3/t15?,16-/m0/s1. The van der Waals surface area contributed by atoms with Gasteiger partial charge < -0.3 is 5.32 Å². The van der Waals surface area contributed by atoms with E-state index in [0.29, 0.717) is 18.0 Å². The van der Waals surface area contributed by atoms with Crippen molar-refractivity contribution in [3.63, 3.8) is 0 Å². The van der Waals surface area contributed by atoms with E-state index in [2.05, 4.69) is 69.9 Å². The molecular weight excluding hydrogens is 218 g/mol. The summed E-state index contributed by atoms with van der Waals surface area (Å²) in [4.78, 5) is 0. The second-order valence-electron chi connectivity index (χ2n) is 5.74. The summed E-state index contributed by atoms with van der Waals surface area (Å²) in [5.74, 6) is 0.686. The first kappa shape index (κ1) is 15.0. The van der Waals surface area contributed by atoms with Crippen molar-refractivity contribution < 1.29 is 0 Å². The van der Waals surface area contributed by atoms with Crippen molar-refractivity contribution in [3.05, 3.63) is 48.0 Å². The molecule has 0 heterocycles. The van der Waals surface area contributed by atoms with E-state index in [9.17, 15) is 0 Å². The van der Waals surface area contributed by atoms with E-state index < -0.39 is 0 Å². The highest BCUT2D eigenvalue weighted by Gasteiger charge is 2.11. The molecule has 0 aliphatic carbocycles. The number of benzene rings is 1. The Morgan fingerprint density at radius 1 is 1.11 bits per heavy atom. The summed E-state index contributed by atoms with van der Waals surface area (Å²) in [6.07, 6.45) is 2.17. The largest absolute Gasteiger partial charge is 0.308 e. The molecule has 1 unspecified atom stereocenters. The molecular formula is C17H27N. The van der Waals surface area contributed by atoms with Gasteiger partial charge in [0.2, 0.25) is 0 Å². The number of rotatable bonds is 7. The van der Waals surface area contributed by atoms with Crippen LogP contribution in [0.3, 0.4) is 0 Å². The van der Waals surface area contributed by atoms with Crippen LogP contribution >= 0.6 is 0 Å². The van der Waals surface area contributed by atoms with Gasteiger partial charge in [0, 0.05) is 12.1 Å². The second kappa shape index (κ2) is 7.38. The summed E-state index contributed by atoms with van der Waals surface area (Å²) >= 11 is 0. The van der Waals surface area contributed by atoms with Gasteiger partial charge in [-0.2, -0.15) is 0 Å². The summed E-state index contributed by atoms with van der Waals surface area (Å²) < 4.78 is 0. The molecule has 0 radical (unpaired) electrons. The van der Waals surface area contributed by atoms with Gasteiger partial charge in [0.05, 0.1) is 0 Å². The molecule has 1 rings (SSSR count). The number of hydrogen-bond acceptors (Lipinski definition) is 1. The van der Waals surface area contributed by atoms with E-state index in [4.69, 9.17) is 0 Å². The summed E-state index contributed by atoms with van der Waals surface area (Å²) in [6, 6.07) is 11.5. The highest BCUT2D eigenvalue weighted by molar-refractivity contribution is 5.16. The van der Waals surface area contributed by atoms with E-state index in [-0.39, 0.29) is 0 Å². The van der Waals surface area contributed by atoms with Gasteiger partial charge >= 0.3 is 0 Å². The Kier molecular flexibility index (Phi) is 6.14. The Morgan fingerprint density at radius 2 is 1.72 bits per heavy atom. The van der Waals surface area contributed by atoms with E-state index in [1.165, 1.54) is 11.1 Å². The maximum absolute atomic E-state index is 4.19. The Balaban J connectivity index is 2.40. The van der Waals surface area contributed by atoms with E-state index in [0.717, 1.165) is 12.8 Å². The Bertz CT molecular complexity index is 353. The maximum Gasteiger partial charge on any atom is 0.0251 e. The van der Waals surface area contributed by atoms with Crippen molar-refractivity contribution >= 4 is 0 Å². The van der Waals surface area contributed by atoms with Gasteiger partial charge in [-0.3, -0.25) is 0 Å². The molecule has 0 aromatic heterocycles. The van der Waals surface area contributed by atoms with Gasteiger partial charge in [0.25, 0.3) is 0 Å². The zero-order valence-electron chi connectivity index (χ0n) is 12.2. The van der Waals surface area contributed by atoms with Gasteiger partial charge in [0.1, 0.15) is 0 Å². The number of hydrogen-bond donors (Lipinski definition) is 1. The average Bonchev–Trinajstić information content (AvgIpc) is 2.29. The molecule has 0 saturated carbocycles. The molecule has 2 atom stereocenters. The fourth-order valence-electron chi connectivity index (χ4n) is 2.27. The molecule has 0 amide bonds. The van der Waals surface area contributed by atoms with Crippen molar-refractivity contribution in [1.29, 1.82) is 0 Å². The minimum atomic E-state index is 0.395. The maximum atomic E-state index is 4.19. The Labute approximate surface area is 112 Å². The molecule has 18 heavy (non-hydrogen) atoms. The lowest BCUT2D eigenvalue weighted by molar-refractivity contribution is 0.479. The first-order valence-corrected chi connectivity index (χ1v) is 6.96. The summed E-state index contributed by atoms with van der Waals surface area (Å²) in [5.41, 5.74) is 2.70. The highest BCUT2D eigenvalue weighted by atomic mass is 14.9. The predicted molar refractivity (Wildman–Crippen MR) is 80.8 cm³/mol. The zero-order chi connectivity index (χ0) is 13.5. The van der Waals surface area contributed by atoms with Gasteiger partial charge in [-0.25, -0.2) is 0 Å². The van der Waals surface area contributed by atoms with Gasteiger partial charge in [-0.15, -0.1) is 0 Å². The van der Waals surface area contributed by atoms with Crippen LogP contribution in [0.15, 0.2) is 42.5 Å². The van der Waals surface area contributed by atoms with Crippen LogP contribution < -0.4 is 5.32 Å². The molecule has 0 bridgehead atoms. The van der Waals surface area contributed by atoms with Crippen LogP contribution in [0.25, 0.3) is 0 Å². The number of nitrogens with one attached hydrogen (secondary N) is 1. The van der Waals surface area contributed by atoms with Crippen molar-refractivity contribution in [2.24, 2.45) is 5.92 Å². The molecule has 0 saturated heterocycles. The third-order valence-corrected chi connectivity index (χ3v) is 3.20. The summed E-state index contributed by atoms with van der Waals surface area (Å²) in [5, 5.41) is 3.63. The molecule has 0 aliphatic heterocycles. The van der Waals surface area contributed by atoms with E-state index in [1.54, 1.807) is 0 Å². The normalized spacial score (nSPS) is 14.5. The van der Waals surface area contributed by atoms with Crippen LogP contribution in [0.5, 0.6) is 0 Å². The molecule has 0 aliphatic rings. The van der Waals surface area contributed by atoms with Crippen LogP contribution in [0, 0.1) is 5.92 Å². The average molecular weight is 245 g/mol. The van der Waals surface area contributed by atoms with Crippen LogP contribution in [-0.4, -0.2) is 12.1 Å². The summed E-state index contributed by atoms with van der Waals surface area (Å²) in [7, 11) is 0. The molecule has 1 aromatic rings. The third-order valence-electron chi connectivity index (χ3n) is 3.20. The first-order chi connectivity index (χ1) is 8.49. The van der Waals surface area contributed by atoms with Crippen LogP contribution in [0.2, 0.25) is 0 Å². The molecule has 1 heteroatoms. The van der Waals surface area contributed by atoms with Crippen LogP contribution in [0.4, 0.5) is 0 Å². The van der Waals surface area contributed by atoms with Crippen molar-refractivity contribution in [3.8, 4) is 0 Å². The SMILES string of the molecule is C=C(CC(C)C)[C@H](C)NC(C)Cc1ccccc1. The lowest BCUT2D eigenvalue weighted by Crippen LogP contribution is -2.37. The topological polar surface area (TPSA) is 12.0 Å². The minimum Gasteiger partial charge on any atom is -0.308 e. The smallest absolute Gasteiger partial charge is 0.0251 e. The molecule has 0 spiro atoms. The van der Waals surface area contributed by atoms with Crippen molar-refractivity contribution in [2.45, 2.75) is 52.6 Å². The second-order valence-corrected chi connectivity index (χ2v) is 5.74. The van der Waals surface area contributed by atoms with Gasteiger partial charge in [0.15, 0.2) is 0 Å². The van der Waals surface area contributed by atoms with E-state index >= 15 is 0 Å². The van der Waals surface area contributed by atoms with Crippen molar-refractivity contribution in [1.82, 2.24) is 5.32 Å². The fraction of sp³-hybridized carbons (Fsp3) is 0.529. The van der Waals surface area contributed by atoms with E-state index in [1.807, 2.05) is 0 Å². The molecule has 1 aromatic carbocycles. The zero-order valence-corrected chi connectivity index (χ0v) is 12.2. The van der Waals surface area contributed by atoms with Crippen LogP contribution in [0.1, 0.15) is 39.7 Å². The first-order valence-electron chi connectivity index (χ1n) is 6.96. The molecule has 100 valence electrons. The molecule has 0 fully saturated rings. The molecule has 1 nitrogen and oxygen atoms in total. The summed E-state index contributed by atoms with van der Waals surface area (Å²) in [6.45, 7) is 13.1. The van der Waals surface area contributed by atoms with Gasteiger partial charge in [-0.05, 0) is 38.2 Å². The monoisotopic (exact) mass is 245 g/mol. The Hall–Kier alpha value is -1.08. The van der Waals surface area contributed by atoms with Crippen molar-refractivity contribution in [2.75, 3.05) is 0 Å². The minimum absolute atomic E-state index is 0.395.